The van der Waals surface area contributed by atoms with E-state index in [1.165, 1.54) is 0 Å². The molecule has 3 heterocycles. The molecular weight excluding hydrogens is 336 g/mol. The van der Waals surface area contributed by atoms with Crippen LogP contribution in [-0.2, 0) is 6.54 Å². The minimum atomic E-state index is 0.700. The van der Waals surface area contributed by atoms with Crippen molar-refractivity contribution in [1.82, 2.24) is 24.7 Å². The van der Waals surface area contributed by atoms with E-state index in [0.717, 1.165) is 33.9 Å². The van der Waals surface area contributed by atoms with Crippen LogP contribution in [0.4, 0.5) is 5.82 Å². The number of aromatic nitrogens is 5. The van der Waals surface area contributed by atoms with Gasteiger partial charge < -0.3 is 4.90 Å². The van der Waals surface area contributed by atoms with Crippen molar-refractivity contribution in [2.24, 2.45) is 0 Å². The third-order valence-corrected chi connectivity index (χ3v) is 4.27. The summed E-state index contributed by atoms with van der Waals surface area (Å²) in [6.45, 7) is 0.700. The van der Waals surface area contributed by atoms with Crippen molar-refractivity contribution in [1.29, 1.82) is 0 Å². The van der Waals surface area contributed by atoms with Gasteiger partial charge in [-0.05, 0) is 23.8 Å². The fourth-order valence-electron chi connectivity index (χ4n) is 2.87. The lowest BCUT2D eigenvalue weighted by molar-refractivity contribution is 0.687. The van der Waals surface area contributed by atoms with Crippen molar-refractivity contribution in [3.63, 3.8) is 0 Å². The predicted molar refractivity (Wildman–Crippen MR) is 106 cm³/mol. The Morgan fingerprint density at radius 3 is 2.56 bits per heavy atom. The normalized spacial score (nSPS) is 10.7. The van der Waals surface area contributed by atoms with Gasteiger partial charge in [-0.15, -0.1) is 0 Å². The molecule has 0 spiro atoms. The van der Waals surface area contributed by atoms with Gasteiger partial charge >= 0.3 is 0 Å². The van der Waals surface area contributed by atoms with Crippen LogP contribution in [0.3, 0.4) is 0 Å². The Morgan fingerprint density at radius 2 is 1.78 bits per heavy atom. The predicted octanol–water partition coefficient (Wildman–Crippen LogP) is 3.52. The second-order valence-electron chi connectivity index (χ2n) is 6.50. The molecule has 0 aliphatic rings. The number of pyridine rings is 1. The SMILES string of the molecule is CN(C)c1cc(-c2cccc(-c3ccn(Cc4cccnc4)n3)c2)ncn1. The number of anilines is 1. The molecule has 4 aromatic rings. The van der Waals surface area contributed by atoms with Crippen LogP contribution in [0.2, 0.25) is 0 Å². The third-order valence-electron chi connectivity index (χ3n) is 4.27. The first kappa shape index (κ1) is 16.9. The number of hydrogen-bond acceptors (Lipinski definition) is 5. The van der Waals surface area contributed by atoms with E-state index in [9.17, 15) is 0 Å². The molecule has 0 radical (unpaired) electrons. The van der Waals surface area contributed by atoms with Crippen molar-refractivity contribution in [2.75, 3.05) is 19.0 Å². The van der Waals surface area contributed by atoms with Crippen molar-refractivity contribution >= 4 is 5.82 Å². The molecule has 0 unspecified atom stereocenters. The molecule has 0 fully saturated rings. The number of hydrogen-bond donors (Lipinski definition) is 0. The van der Waals surface area contributed by atoms with E-state index in [0.29, 0.717) is 6.54 Å². The molecule has 0 atom stereocenters. The summed E-state index contributed by atoms with van der Waals surface area (Å²) in [5, 5.41) is 4.70. The highest BCUT2D eigenvalue weighted by atomic mass is 15.3. The second kappa shape index (κ2) is 7.37. The zero-order valence-electron chi connectivity index (χ0n) is 15.3. The Hall–Kier alpha value is -3.54. The first-order valence-electron chi connectivity index (χ1n) is 8.71. The maximum Gasteiger partial charge on any atom is 0.132 e. The molecule has 134 valence electrons. The van der Waals surface area contributed by atoms with Gasteiger partial charge in [-0.25, -0.2) is 9.97 Å². The Balaban J connectivity index is 1.61. The maximum absolute atomic E-state index is 4.70. The van der Waals surface area contributed by atoms with Crippen LogP contribution in [0.25, 0.3) is 22.5 Å². The van der Waals surface area contributed by atoms with Crippen LogP contribution in [0.1, 0.15) is 5.56 Å². The first-order chi connectivity index (χ1) is 13.2. The van der Waals surface area contributed by atoms with Crippen LogP contribution >= 0.6 is 0 Å². The van der Waals surface area contributed by atoms with Crippen LogP contribution in [0.15, 0.2) is 73.4 Å². The number of nitrogens with zero attached hydrogens (tertiary/aromatic N) is 6. The van der Waals surface area contributed by atoms with E-state index < -0.39 is 0 Å². The summed E-state index contributed by atoms with van der Waals surface area (Å²) in [5.41, 5.74) is 5.05. The Labute approximate surface area is 158 Å². The van der Waals surface area contributed by atoms with Crippen molar-refractivity contribution in [2.45, 2.75) is 6.54 Å². The maximum atomic E-state index is 4.70. The van der Waals surface area contributed by atoms with Crippen LogP contribution in [-0.4, -0.2) is 38.8 Å². The van der Waals surface area contributed by atoms with Gasteiger partial charge in [0, 0.05) is 49.9 Å². The highest BCUT2D eigenvalue weighted by Crippen LogP contribution is 2.25. The summed E-state index contributed by atoms with van der Waals surface area (Å²) < 4.78 is 1.92. The zero-order valence-corrected chi connectivity index (χ0v) is 15.3. The van der Waals surface area contributed by atoms with E-state index in [2.05, 4.69) is 33.2 Å². The van der Waals surface area contributed by atoms with Gasteiger partial charge in [0.15, 0.2) is 0 Å². The van der Waals surface area contributed by atoms with E-state index in [1.54, 1.807) is 12.5 Å². The minimum Gasteiger partial charge on any atom is -0.363 e. The summed E-state index contributed by atoms with van der Waals surface area (Å²) in [5.74, 6) is 0.881. The lowest BCUT2D eigenvalue weighted by atomic mass is 10.1. The Kier molecular flexibility index (Phi) is 4.61. The van der Waals surface area contributed by atoms with Crippen molar-refractivity contribution < 1.29 is 0 Å². The molecule has 0 aliphatic heterocycles. The molecule has 3 aromatic heterocycles. The van der Waals surface area contributed by atoms with Gasteiger partial charge in [0.05, 0.1) is 17.9 Å². The van der Waals surface area contributed by atoms with Gasteiger partial charge in [0.25, 0.3) is 0 Å². The number of benzene rings is 1. The zero-order chi connectivity index (χ0) is 18.6. The monoisotopic (exact) mass is 356 g/mol. The van der Waals surface area contributed by atoms with Crippen LogP contribution in [0, 0.1) is 0 Å². The molecule has 4 rings (SSSR count). The summed E-state index contributed by atoms with van der Waals surface area (Å²) in [7, 11) is 3.94. The largest absolute Gasteiger partial charge is 0.363 e. The molecule has 6 heteroatoms. The Bertz CT molecular complexity index is 1040. The van der Waals surface area contributed by atoms with E-state index in [-0.39, 0.29) is 0 Å². The highest BCUT2D eigenvalue weighted by Gasteiger charge is 2.08. The molecule has 27 heavy (non-hydrogen) atoms. The standard InChI is InChI=1S/C21H20N6/c1-26(2)21-12-20(23-15-24-21)18-7-3-6-17(11-18)19-8-10-27(25-19)14-16-5-4-9-22-13-16/h3-13,15H,14H2,1-2H3. The molecule has 0 N–H and O–H groups in total. The lowest BCUT2D eigenvalue weighted by Gasteiger charge is -2.11. The Morgan fingerprint density at radius 1 is 0.926 bits per heavy atom. The van der Waals surface area contributed by atoms with Crippen LogP contribution in [0.5, 0.6) is 0 Å². The van der Waals surface area contributed by atoms with Gasteiger partial charge in [0.1, 0.15) is 12.1 Å². The molecule has 0 amide bonds. The van der Waals surface area contributed by atoms with Gasteiger partial charge in [0.2, 0.25) is 0 Å². The smallest absolute Gasteiger partial charge is 0.132 e. The topological polar surface area (TPSA) is 59.7 Å². The fourth-order valence-corrected chi connectivity index (χ4v) is 2.87. The second-order valence-corrected chi connectivity index (χ2v) is 6.50. The third kappa shape index (κ3) is 3.84. The van der Waals surface area contributed by atoms with E-state index in [1.807, 2.05) is 66.4 Å². The number of rotatable bonds is 5. The molecule has 0 saturated heterocycles. The van der Waals surface area contributed by atoms with Gasteiger partial charge in [-0.3, -0.25) is 9.67 Å². The average molecular weight is 356 g/mol. The molecule has 0 bridgehead atoms. The molecule has 6 nitrogen and oxygen atoms in total. The molecular formula is C21H20N6. The minimum absolute atomic E-state index is 0.700. The molecule has 0 aliphatic carbocycles. The van der Waals surface area contributed by atoms with Gasteiger partial charge in [-0.2, -0.15) is 5.10 Å². The van der Waals surface area contributed by atoms with Crippen molar-refractivity contribution in [3.8, 4) is 22.5 Å². The van der Waals surface area contributed by atoms with E-state index >= 15 is 0 Å². The fraction of sp³-hybridized carbons (Fsp3) is 0.143. The highest BCUT2D eigenvalue weighted by molar-refractivity contribution is 5.70. The summed E-state index contributed by atoms with van der Waals surface area (Å²) >= 11 is 0. The summed E-state index contributed by atoms with van der Waals surface area (Å²) in [6.07, 6.45) is 7.22. The van der Waals surface area contributed by atoms with Gasteiger partial charge in [-0.1, -0.05) is 24.3 Å². The van der Waals surface area contributed by atoms with Crippen LogP contribution < -0.4 is 4.90 Å². The average Bonchev–Trinajstić information content (AvgIpc) is 3.17. The molecule has 1 aromatic carbocycles. The molecule has 0 saturated carbocycles. The first-order valence-corrected chi connectivity index (χ1v) is 8.71. The van der Waals surface area contributed by atoms with Crippen molar-refractivity contribution in [3.05, 3.63) is 79.0 Å². The van der Waals surface area contributed by atoms with E-state index in [4.69, 9.17) is 5.10 Å². The summed E-state index contributed by atoms with van der Waals surface area (Å²) in [4.78, 5) is 14.8. The lowest BCUT2D eigenvalue weighted by Crippen LogP contribution is -2.10. The quantitative estimate of drug-likeness (QED) is 0.548. The summed E-state index contributed by atoms with van der Waals surface area (Å²) in [6, 6.07) is 16.3.